The molecule has 0 saturated carbocycles. The highest BCUT2D eigenvalue weighted by molar-refractivity contribution is 5.79. The van der Waals surface area contributed by atoms with Gasteiger partial charge in [-0.05, 0) is 35.9 Å². The minimum atomic E-state index is 0.862. The maximum Gasteiger partial charge on any atom is 0.168 e. The van der Waals surface area contributed by atoms with Crippen LogP contribution in [0.3, 0.4) is 0 Å². The van der Waals surface area contributed by atoms with E-state index in [9.17, 15) is 0 Å². The normalized spacial score (nSPS) is 11.3. The predicted octanol–water partition coefficient (Wildman–Crippen LogP) is 2.04. The molecule has 0 aliphatic rings. The molecule has 0 atom stereocenters. The quantitative estimate of drug-likeness (QED) is 0.507. The van der Waals surface area contributed by atoms with E-state index in [0.717, 1.165) is 22.3 Å². The van der Waals surface area contributed by atoms with E-state index in [1.54, 1.807) is 12.5 Å². The molecule has 4 rings (SSSR count). The van der Waals surface area contributed by atoms with Crippen LogP contribution >= 0.6 is 0 Å². The smallest absolute Gasteiger partial charge is 0.168 e. The zero-order chi connectivity index (χ0) is 11.9. The molecule has 4 aromatic heterocycles. The first-order valence-corrected chi connectivity index (χ1v) is 5.64. The molecule has 4 heterocycles. The molecule has 0 aliphatic carbocycles. The van der Waals surface area contributed by atoms with Crippen molar-refractivity contribution in [1.82, 2.24) is 24.2 Å². The molecule has 0 spiro atoms. The molecule has 0 aliphatic heterocycles. The fraction of sp³-hybridized carbons (Fsp3) is 0. The molecule has 0 fully saturated rings. The van der Waals surface area contributed by atoms with E-state index in [0.29, 0.717) is 0 Å². The zero-order valence-electron chi connectivity index (χ0n) is 9.43. The van der Waals surface area contributed by atoms with Gasteiger partial charge in [0, 0.05) is 24.2 Å². The van der Waals surface area contributed by atoms with Crippen molar-refractivity contribution in [2.24, 2.45) is 0 Å². The molecule has 0 bridgehead atoms. The van der Waals surface area contributed by atoms with Gasteiger partial charge in [-0.15, -0.1) is 10.2 Å². The monoisotopic (exact) mass is 235 g/mol. The van der Waals surface area contributed by atoms with Crippen LogP contribution in [0.1, 0.15) is 0 Å². The van der Waals surface area contributed by atoms with Gasteiger partial charge in [-0.2, -0.15) is 5.10 Å². The van der Waals surface area contributed by atoms with E-state index in [1.165, 1.54) is 0 Å². The molecule has 0 aromatic carbocycles. The minimum absolute atomic E-state index is 0.862. The topological polar surface area (TPSA) is 47.5 Å². The van der Waals surface area contributed by atoms with Crippen LogP contribution in [0.4, 0.5) is 0 Å². The Morgan fingerprint density at radius 3 is 3.06 bits per heavy atom. The van der Waals surface area contributed by atoms with Crippen LogP contribution in [0.15, 0.2) is 55.2 Å². The number of hydrogen-bond donors (Lipinski definition) is 0. The summed E-state index contributed by atoms with van der Waals surface area (Å²) in [5, 5.41) is 12.3. The predicted molar refractivity (Wildman–Crippen MR) is 67.2 cm³/mol. The van der Waals surface area contributed by atoms with Crippen LogP contribution in [-0.2, 0) is 0 Å². The Morgan fingerprint density at radius 2 is 2.06 bits per heavy atom. The van der Waals surface area contributed by atoms with Crippen LogP contribution in [0.25, 0.3) is 22.3 Å². The number of pyridine rings is 2. The second-order valence-corrected chi connectivity index (χ2v) is 4.10. The van der Waals surface area contributed by atoms with E-state index >= 15 is 0 Å². The van der Waals surface area contributed by atoms with E-state index in [1.807, 2.05) is 45.6 Å². The van der Waals surface area contributed by atoms with Crippen molar-refractivity contribution in [3.63, 3.8) is 0 Å². The molecule has 86 valence electrons. The average Bonchev–Trinajstić information content (AvgIpc) is 3.05. The van der Waals surface area contributed by atoms with Crippen molar-refractivity contribution in [2.45, 2.75) is 0 Å². The standard InChI is InChI=1S/C13H9N5/c1-2-12(13-16-14-9-17(13)6-1)10-4-7-18-11(8-10)3-5-15-18/h1-9H. The lowest BCUT2D eigenvalue weighted by Crippen LogP contribution is -1.90. The summed E-state index contributed by atoms with van der Waals surface area (Å²) in [7, 11) is 0. The Hall–Kier alpha value is -2.69. The second-order valence-electron chi connectivity index (χ2n) is 4.10. The molecule has 0 amide bonds. The fourth-order valence-electron chi connectivity index (χ4n) is 2.17. The van der Waals surface area contributed by atoms with Crippen LogP contribution < -0.4 is 0 Å². The molecule has 0 saturated heterocycles. The molecule has 5 heteroatoms. The zero-order valence-corrected chi connectivity index (χ0v) is 9.43. The third-order valence-corrected chi connectivity index (χ3v) is 3.03. The third-order valence-electron chi connectivity index (χ3n) is 3.03. The van der Waals surface area contributed by atoms with Crippen LogP contribution in [0.5, 0.6) is 0 Å². The summed E-state index contributed by atoms with van der Waals surface area (Å²) in [6.45, 7) is 0. The highest BCUT2D eigenvalue weighted by atomic mass is 15.2. The molecule has 0 radical (unpaired) electrons. The maximum absolute atomic E-state index is 4.19. The lowest BCUT2D eigenvalue weighted by molar-refractivity contribution is 0.962. The summed E-state index contributed by atoms with van der Waals surface area (Å²) >= 11 is 0. The number of aromatic nitrogens is 5. The first kappa shape index (κ1) is 9.35. The Bertz CT molecular complexity index is 842. The first-order valence-electron chi connectivity index (χ1n) is 5.64. The summed E-state index contributed by atoms with van der Waals surface area (Å²) in [6, 6.07) is 10.1. The Balaban J connectivity index is 2.03. The van der Waals surface area contributed by atoms with Gasteiger partial charge in [0.2, 0.25) is 0 Å². The summed E-state index contributed by atoms with van der Waals surface area (Å²) in [4.78, 5) is 0. The van der Waals surface area contributed by atoms with Gasteiger partial charge in [0.25, 0.3) is 0 Å². The van der Waals surface area contributed by atoms with Gasteiger partial charge < -0.3 is 0 Å². The molecular formula is C13H9N5. The van der Waals surface area contributed by atoms with Crippen molar-refractivity contribution in [2.75, 3.05) is 0 Å². The van der Waals surface area contributed by atoms with Crippen molar-refractivity contribution >= 4 is 11.2 Å². The lowest BCUT2D eigenvalue weighted by Gasteiger charge is -2.03. The molecule has 4 aromatic rings. The molecule has 0 N–H and O–H groups in total. The van der Waals surface area contributed by atoms with Gasteiger partial charge in [-0.1, -0.05) is 0 Å². The SMILES string of the molecule is c1cc(-c2ccn3nccc3c2)c2nncn2c1. The molecule has 5 nitrogen and oxygen atoms in total. The maximum atomic E-state index is 4.19. The first-order chi connectivity index (χ1) is 8.92. The lowest BCUT2D eigenvalue weighted by atomic mass is 10.1. The number of hydrogen-bond acceptors (Lipinski definition) is 3. The van der Waals surface area contributed by atoms with Crippen molar-refractivity contribution in [3.05, 3.63) is 55.2 Å². The van der Waals surface area contributed by atoms with Crippen LogP contribution in [-0.4, -0.2) is 24.2 Å². The largest absolute Gasteiger partial charge is 0.289 e. The van der Waals surface area contributed by atoms with Crippen molar-refractivity contribution < 1.29 is 0 Å². The van der Waals surface area contributed by atoms with E-state index in [4.69, 9.17) is 0 Å². The Morgan fingerprint density at radius 1 is 1.06 bits per heavy atom. The van der Waals surface area contributed by atoms with Gasteiger partial charge in [0.05, 0.1) is 5.52 Å². The van der Waals surface area contributed by atoms with Gasteiger partial charge in [0.1, 0.15) is 6.33 Å². The summed E-state index contributed by atoms with van der Waals surface area (Å²) in [5.74, 6) is 0. The summed E-state index contributed by atoms with van der Waals surface area (Å²) < 4.78 is 3.75. The van der Waals surface area contributed by atoms with Crippen molar-refractivity contribution in [3.8, 4) is 11.1 Å². The fourth-order valence-corrected chi connectivity index (χ4v) is 2.17. The van der Waals surface area contributed by atoms with Crippen LogP contribution in [0.2, 0.25) is 0 Å². The van der Waals surface area contributed by atoms with Crippen LogP contribution in [0, 0.1) is 0 Å². The third kappa shape index (κ3) is 1.24. The highest BCUT2D eigenvalue weighted by Crippen LogP contribution is 2.23. The summed E-state index contributed by atoms with van der Waals surface area (Å²) in [6.07, 6.45) is 7.38. The van der Waals surface area contributed by atoms with E-state index < -0.39 is 0 Å². The molecule has 0 unspecified atom stereocenters. The average molecular weight is 235 g/mol. The number of rotatable bonds is 1. The van der Waals surface area contributed by atoms with Crippen molar-refractivity contribution in [1.29, 1.82) is 0 Å². The minimum Gasteiger partial charge on any atom is -0.289 e. The van der Waals surface area contributed by atoms with E-state index in [2.05, 4.69) is 21.4 Å². The number of fused-ring (bicyclic) bond motifs is 2. The Labute approximate surface area is 102 Å². The molecule has 18 heavy (non-hydrogen) atoms. The molecular weight excluding hydrogens is 226 g/mol. The highest BCUT2D eigenvalue weighted by Gasteiger charge is 2.06. The van der Waals surface area contributed by atoms with Gasteiger partial charge >= 0.3 is 0 Å². The van der Waals surface area contributed by atoms with Gasteiger partial charge in [-0.25, -0.2) is 4.52 Å². The van der Waals surface area contributed by atoms with Gasteiger partial charge in [-0.3, -0.25) is 4.40 Å². The Kier molecular flexibility index (Phi) is 1.77. The summed E-state index contributed by atoms with van der Waals surface area (Å²) in [5.41, 5.74) is 4.11. The van der Waals surface area contributed by atoms with Gasteiger partial charge in [0.15, 0.2) is 5.65 Å². The van der Waals surface area contributed by atoms with E-state index in [-0.39, 0.29) is 0 Å². The second kappa shape index (κ2) is 3.40. The number of nitrogens with zero attached hydrogens (tertiary/aromatic N) is 5.